The molecule has 0 atom stereocenters. The van der Waals surface area contributed by atoms with Crippen LogP contribution >= 0.6 is 0 Å². The smallest absolute Gasteiger partial charge is 0.0346 e. The van der Waals surface area contributed by atoms with Crippen molar-refractivity contribution < 1.29 is 0 Å². The molecule has 1 aromatic rings. The van der Waals surface area contributed by atoms with Crippen molar-refractivity contribution in [3.05, 3.63) is 28.8 Å². The molecule has 0 unspecified atom stereocenters. The van der Waals surface area contributed by atoms with Crippen molar-refractivity contribution in [3.8, 4) is 0 Å². The minimum Gasteiger partial charge on any atom is -0.399 e. The van der Waals surface area contributed by atoms with Crippen molar-refractivity contribution in [3.63, 3.8) is 0 Å². The van der Waals surface area contributed by atoms with E-state index in [0.29, 0.717) is 0 Å². The molecule has 1 aliphatic rings. The molecule has 2 N–H and O–H groups in total. The summed E-state index contributed by atoms with van der Waals surface area (Å²) < 4.78 is 0. The molecule has 64 valence electrons. The monoisotopic (exact) mass is 161 g/mol. The van der Waals surface area contributed by atoms with E-state index in [4.69, 9.17) is 5.73 Å². The highest BCUT2D eigenvalue weighted by Crippen LogP contribution is 2.44. The van der Waals surface area contributed by atoms with Crippen LogP contribution in [0.15, 0.2) is 12.1 Å². The minimum absolute atomic E-state index is 0.813. The molecule has 1 aliphatic carbocycles. The number of benzene rings is 1. The summed E-state index contributed by atoms with van der Waals surface area (Å²) in [6, 6.07) is 4.15. The lowest BCUT2D eigenvalue weighted by Crippen LogP contribution is -1.96. The topological polar surface area (TPSA) is 26.0 Å². The molecular formula is C11H15N. The molecule has 1 aromatic carbocycles. The lowest BCUT2D eigenvalue weighted by atomic mass is 9.97. The van der Waals surface area contributed by atoms with Crippen LogP contribution in [-0.2, 0) is 0 Å². The van der Waals surface area contributed by atoms with E-state index in [9.17, 15) is 0 Å². The van der Waals surface area contributed by atoms with E-state index in [2.05, 4.69) is 19.9 Å². The Bertz CT molecular complexity index is 311. The molecule has 0 aliphatic heterocycles. The molecule has 0 aromatic heterocycles. The fourth-order valence-electron chi connectivity index (χ4n) is 1.88. The maximum Gasteiger partial charge on any atom is 0.0346 e. The molecule has 0 amide bonds. The predicted molar refractivity (Wildman–Crippen MR) is 52.3 cm³/mol. The second-order valence-electron chi connectivity index (χ2n) is 3.78. The van der Waals surface area contributed by atoms with E-state index >= 15 is 0 Å². The van der Waals surface area contributed by atoms with Crippen LogP contribution in [0.25, 0.3) is 0 Å². The quantitative estimate of drug-likeness (QED) is 0.630. The number of hydrogen-bond donors (Lipinski definition) is 1. The molecule has 1 heteroatoms. The van der Waals surface area contributed by atoms with Gasteiger partial charge in [0, 0.05) is 5.69 Å². The molecule has 2 rings (SSSR count). The Balaban J connectivity index is 2.55. The molecular weight excluding hydrogens is 146 g/mol. The van der Waals surface area contributed by atoms with Crippen molar-refractivity contribution in [2.24, 2.45) is 0 Å². The molecule has 1 saturated carbocycles. The summed E-state index contributed by atoms with van der Waals surface area (Å²) in [4.78, 5) is 0. The number of rotatable bonds is 1. The van der Waals surface area contributed by atoms with Gasteiger partial charge < -0.3 is 5.73 Å². The number of nitrogen functional groups attached to an aromatic ring is 1. The molecule has 0 spiro atoms. The van der Waals surface area contributed by atoms with Gasteiger partial charge in [0.2, 0.25) is 0 Å². The van der Waals surface area contributed by atoms with Crippen molar-refractivity contribution in [1.82, 2.24) is 0 Å². The van der Waals surface area contributed by atoms with Crippen LogP contribution in [0.2, 0.25) is 0 Å². The van der Waals surface area contributed by atoms with Gasteiger partial charge in [0.15, 0.2) is 0 Å². The van der Waals surface area contributed by atoms with Gasteiger partial charge in [-0.05, 0) is 55.4 Å². The molecule has 0 saturated heterocycles. The third kappa shape index (κ3) is 1.09. The Morgan fingerprint density at radius 1 is 1.25 bits per heavy atom. The Kier molecular flexibility index (Phi) is 1.60. The lowest BCUT2D eigenvalue weighted by molar-refractivity contribution is 1.07. The van der Waals surface area contributed by atoms with Crippen LogP contribution < -0.4 is 5.73 Å². The highest BCUT2D eigenvalue weighted by molar-refractivity contribution is 5.55. The van der Waals surface area contributed by atoms with Crippen LogP contribution in [0.5, 0.6) is 0 Å². The Labute approximate surface area is 73.6 Å². The van der Waals surface area contributed by atoms with Crippen molar-refractivity contribution in [1.29, 1.82) is 0 Å². The van der Waals surface area contributed by atoms with E-state index in [1.54, 1.807) is 0 Å². The Morgan fingerprint density at radius 2 is 1.92 bits per heavy atom. The molecule has 1 fully saturated rings. The van der Waals surface area contributed by atoms with Gasteiger partial charge in [0.25, 0.3) is 0 Å². The van der Waals surface area contributed by atoms with Crippen LogP contribution in [-0.4, -0.2) is 0 Å². The minimum atomic E-state index is 0.813. The van der Waals surface area contributed by atoms with Gasteiger partial charge in [-0.3, -0.25) is 0 Å². The van der Waals surface area contributed by atoms with Crippen LogP contribution in [0, 0.1) is 13.8 Å². The van der Waals surface area contributed by atoms with Gasteiger partial charge >= 0.3 is 0 Å². The molecule has 12 heavy (non-hydrogen) atoms. The second-order valence-corrected chi connectivity index (χ2v) is 3.78. The van der Waals surface area contributed by atoms with E-state index in [0.717, 1.165) is 11.6 Å². The first-order valence-corrected chi connectivity index (χ1v) is 4.55. The number of hydrogen-bond acceptors (Lipinski definition) is 1. The maximum atomic E-state index is 5.86. The summed E-state index contributed by atoms with van der Waals surface area (Å²) in [6.45, 7) is 4.32. The molecule has 1 nitrogen and oxygen atoms in total. The van der Waals surface area contributed by atoms with E-state index in [1.165, 1.54) is 29.5 Å². The van der Waals surface area contributed by atoms with Gasteiger partial charge in [-0.25, -0.2) is 0 Å². The summed E-state index contributed by atoms with van der Waals surface area (Å²) in [7, 11) is 0. The van der Waals surface area contributed by atoms with Crippen LogP contribution in [0.3, 0.4) is 0 Å². The van der Waals surface area contributed by atoms with Gasteiger partial charge in [-0.2, -0.15) is 0 Å². The van der Waals surface area contributed by atoms with Crippen molar-refractivity contribution >= 4 is 5.69 Å². The molecule has 0 radical (unpaired) electrons. The fourth-order valence-corrected chi connectivity index (χ4v) is 1.88. The fraction of sp³-hybridized carbons (Fsp3) is 0.455. The highest BCUT2D eigenvalue weighted by atomic mass is 14.6. The third-order valence-electron chi connectivity index (χ3n) is 2.76. The second kappa shape index (κ2) is 2.51. The summed E-state index contributed by atoms with van der Waals surface area (Å²) in [5, 5.41) is 0. The zero-order chi connectivity index (χ0) is 8.72. The average Bonchev–Trinajstić information content (AvgIpc) is 2.81. The summed E-state index contributed by atoms with van der Waals surface area (Å²) in [5.41, 5.74) is 11.0. The maximum absolute atomic E-state index is 5.86. The van der Waals surface area contributed by atoms with Crippen LogP contribution in [0.4, 0.5) is 5.69 Å². The number of nitrogens with two attached hydrogens (primary N) is 1. The zero-order valence-corrected chi connectivity index (χ0v) is 7.72. The predicted octanol–water partition coefficient (Wildman–Crippen LogP) is 2.76. The van der Waals surface area contributed by atoms with E-state index in [1.807, 2.05) is 6.07 Å². The first-order valence-electron chi connectivity index (χ1n) is 4.55. The zero-order valence-electron chi connectivity index (χ0n) is 7.72. The summed E-state index contributed by atoms with van der Waals surface area (Å²) in [6.07, 6.45) is 2.70. The van der Waals surface area contributed by atoms with Crippen molar-refractivity contribution in [2.75, 3.05) is 5.73 Å². The number of anilines is 1. The normalized spacial score (nSPS) is 16.5. The Hall–Kier alpha value is -0.980. The third-order valence-corrected chi connectivity index (χ3v) is 2.76. The lowest BCUT2D eigenvalue weighted by Gasteiger charge is -2.10. The molecule has 0 heterocycles. The highest BCUT2D eigenvalue weighted by Gasteiger charge is 2.26. The first kappa shape index (κ1) is 7.66. The summed E-state index contributed by atoms with van der Waals surface area (Å²) in [5.74, 6) is 0.813. The van der Waals surface area contributed by atoms with Crippen LogP contribution in [0.1, 0.15) is 35.4 Å². The largest absolute Gasteiger partial charge is 0.399 e. The Morgan fingerprint density at radius 3 is 2.50 bits per heavy atom. The van der Waals surface area contributed by atoms with Gasteiger partial charge in [-0.1, -0.05) is 6.07 Å². The van der Waals surface area contributed by atoms with E-state index in [-0.39, 0.29) is 0 Å². The number of aryl methyl sites for hydroxylation is 1. The SMILES string of the molecule is Cc1ccc(N)c(C)c1C1CC1. The average molecular weight is 161 g/mol. The van der Waals surface area contributed by atoms with Gasteiger partial charge in [0.05, 0.1) is 0 Å². The summed E-state index contributed by atoms with van der Waals surface area (Å²) >= 11 is 0. The van der Waals surface area contributed by atoms with E-state index < -0.39 is 0 Å². The van der Waals surface area contributed by atoms with Gasteiger partial charge in [0.1, 0.15) is 0 Å². The molecule has 0 bridgehead atoms. The standard InChI is InChI=1S/C11H15N/c1-7-3-6-10(12)8(2)11(7)9-4-5-9/h3,6,9H,4-5,12H2,1-2H3. The van der Waals surface area contributed by atoms with Crippen molar-refractivity contribution in [2.45, 2.75) is 32.6 Å². The van der Waals surface area contributed by atoms with Gasteiger partial charge in [-0.15, -0.1) is 0 Å². The first-order chi connectivity index (χ1) is 5.70.